The molecule has 1 amide bonds. The Bertz CT molecular complexity index is 292. The molecule has 0 aromatic carbocycles. The number of carbonyl (C=O) groups excluding carboxylic acids is 1. The molecule has 1 aliphatic heterocycles. The summed E-state index contributed by atoms with van der Waals surface area (Å²) in [4.78, 5) is 12.2. The lowest BCUT2D eigenvalue weighted by molar-refractivity contribution is -0.123. The smallest absolute Gasteiger partial charge is 0.221 e. The number of carbonyl (C=O) groups is 1. The van der Waals surface area contributed by atoms with Gasteiger partial charge < -0.3 is 10.6 Å². The van der Waals surface area contributed by atoms with E-state index in [2.05, 4.69) is 24.5 Å². The Morgan fingerprint density at radius 1 is 1.21 bits per heavy atom. The van der Waals surface area contributed by atoms with E-state index in [0.717, 1.165) is 6.54 Å². The van der Waals surface area contributed by atoms with Crippen molar-refractivity contribution in [1.82, 2.24) is 10.6 Å². The minimum Gasteiger partial charge on any atom is -0.353 e. The third-order valence-electron chi connectivity index (χ3n) is 5.11. The molecular weight excluding hydrogens is 236 g/mol. The van der Waals surface area contributed by atoms with E-state index in [0.29, 0.717) is 30.3 Å². The molecule has 2 N–H and O–H groups in total. The molecule has 0 radical (unpaired) electrons. The van der Waals surface area contributed by atoms with E-state index < -0.39 is 0 Å². The van der Waals surface area contributed by atoms with Gasteiger partial charge in [0.25, 0.3) is 0 Å². The summed E-state index contributed by atoms with van der Waals surface area (Å²) in [6.45, 7) is 5.59. The third kappa shape index (κ3) is 4.20. The lowest BCUT2D eigenvalue weighted by Gasteiger charge is -2.33. The van der Waals surface area contributed by atoms with Crippen molar-refractivity contribution in [2.45, 2.75) is 77.3 Å². The quantitative estimate of drug-likeness (QED) is 0.821. The van der Waals surface area contributed by atoms with Gasteiger partial charge in [0, 0.05) is 18.5 Å². The fourth-order valence-corrected chi connectivity index (χ4v) is 3.74. The van der Waals surface area contributed by atoms with Gasteiger partial charge in [-0.2, -0.15) is 0 Å². The Labute approximate surface area is 117 Å². The second-order valence-corrected chi connectivity index (χ2v) is 6.51. The number of nitrogens with one attached hydrogen (secondary N) is 2. The van der Waals surface area contributed by atoms with E-state index in [9.17, 15) is 4.79 Å². The molecule has 0 bridgehead atoms. The van der Waals surface area contributed by atoms with Crippen molar-refractivity contribution in [2.24, 2.45) is 11.8 Å². The summed E-state index contributed by atoms with van der Waals surface area (Å²) in [6, 6.07) is 0.822. The number of hydrogen-bond acceptors (Lipinski definition) is 2. The first-order chi connectivity index (χ1) is 9.20. The molecule has 0 spiro atoms. The van der Waals surface area contributed by atoms with Crippen molar-refractivity contribution in [3.05, 3.63) is 0 Å². The van der Waals surface area contributed by atoms with Gasteiger partial charge in [-0.15, -0.1) is 0 Å². The van der Waals surface area contributed by atoms with Gasteiger partial charge in [-0.25, -0.2) is 0 Å². The molecule has 19 heavy (non-hydrogen) atoms. The van der Waals surface area contributed by atoms with Crippen LogP contribution in [0.5, 0.6) is 0 Å². The summed E-state index contributed by atoms with van der Waals surface area (Å²) < 4.78 is 0. The molecule has 1 aliphatic carbocycles. The van der Waals surface area contributed by atoms with Gasteiger partial charge in [0.2, 0.25) is 5.91 Å². The van der Waals surface area contributed by atoms with Crippen LogP contribution in [0.4, 0.5) is 0 Å². The maximum Gasteiger partial charge on any atom is 0.221 e. The van der Waals surface area contributed by atoms with Crippen LogP contribution in [-0.2, 0) is 4.79 Å². The first-order valence-electron chi connectivity index (χ1n) is 8.23. The minimum atomic E-state index is 0.261. The van der Waals surface area contributed by atoms with Gasteiger partial charge >= 0.3 is 0 Å². The van der Waals surface area contributed by atoms with Gasteiger partial charge in [0.1, 0.15) is 0 Å². The largest absolute Gasteiger partial charge is 0.353 e. The maximum atomic E-state index is 12.2. The van der Waals surface area contributed by atoms with Gasteiger partial charge in [-0.05, 0) is 44.1 Å². The van der Waals surface area contributed by atoms with Gasteiger partial charge in [0.15, 0.2) is 0 Å². The van der Waals surface area contributed by atoms with Gasteiger partial charge in [0.05, 0.1) is 0 Å². The van der Waals surface area contributed by atoms with E-state index in [1.54, 1.807) is 0 Å². The van der Waals surface area contributed by atoms with Crippen molar-refractivity contribution in [3.8, 4) is 0 Å². The Morgan fingerprint density at radius 2 is 2.00 bits per heavy atom. The normalized spacial score (nSPS) is 35.9. The molecule has 3 nitrogen and oxygen atoms in total. The number of rotatable bonds is 4. The second-order valence-electron chi connectivity index (χ2n) is 6.51. The molecule has 3 heteroatoms. The highest BCUT2D eigenvalue weighted by atomic mass is 16.1. The summed E-state index contributed by atoms with van der Waals surface area (Å²) in [5.74, 6) is 1.60. The van der Waals surface area contributed by atoms with Crippen LogP contribution in [0.3, 0.4) is 0 Å². The molecule has 1 saturated carbocycles. The highest BCUT2D eigenvalue weighted by molar-refractivity contribution is 5.77. The monoisotopic (exact) mass is 266 g/mol. The second kappa shape index (κ2) is 7.28. The van der Waals surface area contributed by atoms with Crippen LogP contribution in [0.25, 0.3) is 0 Å². The minimum absolute atomic E-state index is 0.261. The van der Waals surface area contributed by atoms with Crippen molar-refractivity contribution in [1.29, 1.82) is 0 Å². The molecule has 0 aromatic heterocycles. The lowest BCUT2D eigenvalue weighted by atomic mass is 9.82. The number of hydrogen-bond donors (Lipinski definition) is 2. The summed E-state index contributed by atoms with van der Waals surface area (Å²) in [7, 11) is 0. The number of piperidine rings is 1. The fraction of sp³-hybridized carbons (Fsp3) is 0.938. The summed E-state index contributed by atoms with van der Waals surface area (Å²) in [5, 5.41) is 6.81. The van der Waals surface area contributed by atoms with Crippen molar-refractivity contribution >= 4 is 5.91 Å². The zero-order valence-corrected chi connectivity index (χ0v) is 12.6. The van der Waals surface area contributed by atoms with Crippen LogP contribution in [0.15, 0.2) is 0 Å². The fourth-order valence-electron chi connectivity index (χ4n) is 3.74. The van der Waals surface area contributed by atoms with Crippen LogP contribution in [0.1, 0.15) is 65.2 Å². The van der Waals surface area contributed by atoms with Crippen molar-refractivity contribution in [2.75, 3.05) is 6.54 Å². The molecule has 2 rings (SSSR count). The van der Waals surface area contributed by atoms with Crippen LogP contribution < -0.4 is 10.6 Å². The summed E-state index contributed by atoms with van der Waals surface area (Å²) in [6.07, 6.45) is 9.45. The average molecular weight is 266 g/mol. The summed E-state index contributed by atoms with van der Waals surface area (Å²) in [5.41, 5.74) is 0. The number of amides is 1. The molecule has 4 atom stereocenters. The van der Waals surface area contributed by atoms with E-state index in [1.165, 1.54) is 44.9 Å². The molecule has 110 valence electrons. The topological polar surface area (TPSA) is 41.1 Å². The molecule has 1 heterocycles. The SMILES string of the molecule is CCC1CCCCC1NC(=O)CC1NCCCC1C. The molecule has 2 aliphatic rings. The Morgan fingerprint density at radius 3 is 2.74 bits per heavy atom. The predicted molar refractivity (Wildman–Crippen MR) is 79.0 cm³/mol. The molecule has 1 saturated heterocycles. The zero-order valence-electron chi connectivity index (χ0n) is 12.6. The highest BCUT2D eigenvalue weighted by Gasteiger charge is 2.27. The van der Waals surface area contributed by atoms with Gasteiger partial charge in [-0.1, -0.05) is 33.1 Å². The van der Waals surface area contributed by atoms with Crippen LogP contribution in [0, 0.1) is 11.8 Å². The van der Waals surface area contributed by atoms with E-state index in [4.69, 9.17) is 0 Å². The molecule has 4 unspecified atom stereocenters. The Balaban J connectivity index is 1.79. The lowest BCUT2D eigenvalue weighted by Crippen LogP contribution is -2.47. The first-order valence-corrected chi connectivity index (χ1v) is 8.23. The summed E-state index contributed by atoms with van der Waals surface area (Å²) >= 11 is 0. The highest BCUT2D eigenvalue weighted by Crippen LogP contribution is 2.27. The maximum absolute atomic E-state index is 12.2. The van der Waals surface area contributed by atoms with Crippen LogP contribution in [-0.4, -0.2) is 24.5 Å². The van der Waals surface area contributed by atoms with Crippen LogP contribution >= 0.6 is 0 Å². The third-order valence-corrected chi connectivity index (χ3v) is 5.11. The van der Waals surface area contributed by atoms with Crippen molar-refractivity contribution in [3.63, 3.8) is 0 Å². The predicted octanol–water partition coefficient (Wildman–Crippen LogP) is 2.85. The van der Waals surface area contributed by atoms with E-state index >= 15 is 0 Å². The first kappa shape index (κ1) is 14.8. The standard InChI is InChI=1S/C16H30N2O/c1-3-13-8-4-5-9-14(13)18-16(19)11-15-12(2)7-6-10-17-15/h12-15,17H,3-11H2,1-2H3,(H,18,19). The van der Waals surface area contributed by atoms with E-state index in [1.807, 2.05) is 0 Å². The van der Waals surface area contributed by atoms with Crippen molar-refractivity contribution < 1.29 is 4.79 Å². The Hall–Kier alpha value is -0.570. The molecule has 2 fully saturated rings. The van der Waals surface area contributed by atoms with Gasteiger partial charge in [-0.3, -0.25) is 4.79 Å². The molecule has 0 aromatic rings. The average Bonchev–Trinajstić information content (AvgIpc) is 2.42. The zero-order chi connectivity index (χ0) is 13.7. The Kier molecular flexibility index (Phi) is 5.68. The van der Waals surface area contributed by atoms with E-state index in [-0.39, 0.29) is 5.91 Å². The van der Waals surface area contributed by atoms with Crippen LogP contribution in [0.2, 0.25) is 0 Å². The molecular formula is C16H30N2O.